The molecular weight excluding hydrogens is 348 g/mol. The number of nitrogens with zero attached hydrogens (tertiary/aromatic N) is 2. The van der Waals surface area contributed by atoms with Crippen LogP contribution in [0.1, 0.15) is 38.5 Å². The zero-order valence-corrected chi connectivity index (χ0v) is 15.7. The zero-order chi connectivity index (χ0) is 17.9. The van der Waals surface area contributed by atoms with Crippen LogP contribution in [0.15, 0.2) is 40.2 Å². The molecule has 2 aromatic rings. The Bertz CT molecular complexity index is 852. The van der Waals surface area contributed by atoms with Gasteiger partial charge >= 0.3 is 5.97 Å². The molecule has 0 radical (unpaired) electrons. The van der Waals surface area contributed by atoms with E-state index in [1.54, 1.807) is 18.1 Å². The first kappa shape index (κ1) is 17.6. The van der Waals surface area contributed by atoms with Gasteiger partial charge in [0.2, 0.25) is 0 Å². The lowest BCUT2D eigenvalue weighted by Crippen LogP contribution is -2.24. The topological polar surface area (TPSA) is 51.5 Å². The lowest BCUT2D eigenvalue weighted by atomic mass is 10.1. The van der Waals surface area contributed by atoms with Crippen molar-refractivity contribution in [1.82, 2.24) is 8.87 Å². The average Bonchev–Trinajstić information content (AvgIpc) is 3.35. The summed E-state index contributed by atoms with van der Waals surface area (Å²) in [6.45, 7) is 2.18. The summed E-state index contributed by atoms with van der Waals surface area (Å²) in [5.74, 6) is -0.164. The number of carbonyl (C=O) groups is 1. The summed E-state index contributed by atoms with van der Waals surface area (Å²) in [5.41, 5.74) is -0.106. The van der Waals surface area contributed by atoms with Crippen LogP contribution >= 0.6 is 11.9 Å². The van der Waals surface area contributed by atoms with Crippen LogP contribution in [0.25, 0.3) is 10.8 Å². The first-order chi connectivity index (χ1) is 12.7. The van der Waals surface area contributed by atoms with Crippen LogP contribution in [0, 0.1) is 5.92 Å². The van der Waals surface area contributed by atoms with Crippen LogP contribution in [-0.2, 0) is 16.3 Å². The fourth-order valence-electron chi connectivity index (χ4n) is 3.80. The first-order valence-corrected chi connectivity index (χ1v) is 10.2. The van der Waals surface area contributed by atoms with Gasteiger partial charge < -0.3 is 4.74 Å². The fraction of sp³-hybridized carbons (Fsp3) is 0.500. The van der Waals surface area contributed by atoms with Crippen molar-refractivity contribution in [3.8, 4) is 0 Å². The number of aromatic nitrogens is 1. The summed E-state index contributed by atoms with van der Waals surface area (Å²) in [6.07, 6.45) is 8.19. The number of hydrogen-bond donors (Lipinski definition) is 0. The van der Waals surface area contributed by atoms with E-state index in [0.717, 1.165) is 49.1 Å². The molecule has 4 rings (SSSR count). The van der Waals surface area contributed by atoms with Gasteiger partial charge in [-0.05, 0) is 55.8 Å². The van der Waals surface area contributed by atoms with Gasteiger partial charge in [0.25, 0.3) is 5.56 Å². The number of ether oxygens (including phenoxy) is 1. The van der Waals surface area contributed by atoms with E-state index in [1.807, 2.05) is 18.2 Å². The highest BCUT2D eigenvalue weighted by atomic mass is 32.2. The number of benzene rings is 1. The molecule has 6 heteroatoms. The van der Waals surface area contributed by atoms with Gasteiger partial charge in [-0.1, -0.05) is 18.9 Å². The predicted octanol–water partition coefficient (Wildman–Crippen LogP) is 3.80. The van der Waals surface area contributed by atoms with Crippen LogP contribution in [-0.4, -0.2) is 27.9 Å². The standard InChI is InChI=1S/C20H24N2O3S/c23-19-17-8-5-9-18(26-22-11-3-4-12-22)16(17)10-13-21(19)14-25-20(24)15-6-1-2-7-15/h5,8-10,13,15H,1-4,6-7,11-12,14H2. The predicted molar refractivity (Wildman–Crippen MR) is 103 cm³/mol. The monoisotopic (exact) mass is 372 g/mol. The van der Waals surface area contributed by atoms with Crippen LogP contribution in [0.5, 0.6) is 0 Å². The number of hydrogen-bond acceptors (Lipinski definition) is 5. The van der Waals surface area contributed by atoms with Crippen molar-refractivity contribution in [2.24, 2.45) is 5.92 Å². The highest BCUT2D eigenvalue weighted by molar-refractivity contribution is 7.97. The Balaban J connectivity index is 1.52. The third-order valence-electron chi connectivity index (χ3n) is 5.31. The molecule has 2 heterocycles. The van der Waals surface area contributed by atoms with E-state index in [1.165, 1.54) is 17.4 Å². The van der Waals surface area contributed by atoms with Crippen molar-refractivity contribution in [3.05, 3.63) is 40.8 Å². The van der Waals surface area contributed by atoms with Gasteiger partial charge in [0.1, 0.15) is 0 Å². The molecule has 2 fully saturated rings. The zero-order valence-electron chi connectivity index (χ0n) is 14.9. The van der Waals surface area contributed by atoms with Gasteiger partial charge in [-0.2, -0.15) is 0 Å². The number of carbonyl (C=O) groups excluding carboxylic acids is 1. The average molecular weight is 372 g/mol. The number of esters is 1. The van der Waals surface area contributed by atoms with Crippen LogP contribution in [0.4, 0.5) is 0 Å². The summed E-state index contributed by atoms with van der Waals surface area (Å²) in [4.78, 5) is 26.0. The summed E-state index contributed by atoms with van der Waals surface area (Å²) < 4.78 is 9.23. The fourth-order valence-corrected chi connectivity index (χ4v) is 4.94. The molecule has 1 aromatic heterocycles. The van der Waals surface area contributed by atoms with Gasteiger partial charge in [-0.25, -0.2) is 4.31 Å². The molecule has 2 aliphatic rings. The molecule has 1 saturated heterocycles. The molecular formula is C20H24N2O3S. The molecule has 1 saturated carbocycles. The Labute approximate surface area is 157 Å². The van der Waals surface area contributed by atoms with Crippen LogP contribution in [0.3, 0.4) is 0 Å². The smallest absolute Gasteiger partial charge is 0.310 e. The number of rotatable bonds is 5. The molecule has 1 aliphatic carbocycles. The van der Waals surface area contributed by atoms with E-state index in [4.69, 9.17) is 4.74 Å². The van der Waals surface area contributed by atoms with Crippen molar-refractivity contribution in [3.63, 3.8) is 0 Å². The molecule has 1 aromatic carbocycles. The molecule has 0 amide bonds. The van der Waals surface area contributed by atoms with E-state index in [-0.39, 0.29) is 24.2 Å². The summed E-state index contributed by atoms with van der Waals surface area (Å²) >= 11 is 1.73. The number of pyridine rings is 1. The molecule has 1 aliphatic heterocycles. The van der Waals surface area contributed by atoms with Gasteiger partial charge in [0.15, 0.2) is 6.73 Å². The molecule has 0 N–H and O–H groups in total. The van der Waals surface area contributed by atoms with Gasteiger partial charge in [0.05, 0.1) is 5.92 Å². The summed E-state index contributed by atoms with van der Waals surface area (Å²) in [5, 5.41) is 1.64. The van der Waals surface area contributed by atoms with Crippen LogP contribution in [0.2, 0.25) is 0 Å². The minimum atomic E-state index is -0.173. The van der Waals surface area contributed by atoms with Crippen molar-refractivity contribution in [1.29, 1.82) is 0 Å². The quantitative estimate of drug-likeness (QED) is 0.590. The third-order valence-corrected chi connectivity index (χ3v) is 6.48. The first-order valence-electron chi connectivity index (χ1n) is 9.44. The van der Waals surface area contributed by atoms with Gasteiger partial charge in [0, 0.05) is 35.0 Å². The number of fused-ring (bicyclic) bond motifs is 1. The molecule has 26 heavy (non-hydrogen) atoms. The Hall–Kier alpha value is -1.79. The minimum absolute atomic E-state index is 0.00635. The molecule has 0 spiro atoms. The second-order valence-electron chi connectivity index (χ2n) is 7.11. The molecule has 0 unspecified atom stereocenters. The maximum atomic E-state index is 12.8. The normalized spacial score (nSPS) is 18.6. The molecule has 5 nitrogen and oxygen atoms in total. The van der Waals surface area contributed by atoms with E-state index in [2.05, 4.69) is 10.4 Å². The Kier molecular flexibility index (Phi) is 5.31. The second kappa shape index (κ2) is 7.84. The van der Waals surface area contributed by atoms with E-state index in [0.29, 0.717) is 5.39 Å². The van der Waals surface area contributed by atoms with Gasteiger partial charge in [-0.15, -0.1) is 0 Å². The lowest BCUT2D eigenvalue weighted by Gasteiger charge is -2.15. The van der Waals surface area contributed by atoms with E-state index >= 15 is 0 Å². The van der Waals surface area contributed by atoms with Crippen LogP contribution < -0.4 is 5.56 Å². The third kappa shape index (κ3) is 3.67. The maximum Gasteiger partial charge on any atom is 0.310 e. The molecule has 0 bridgehead atoms. The van der Waals surface area contributed by atoms with E-state index in [9.17, 15) is 9.59 Å². The van der Waals surface area contributed by atoms with Gasteiger partial charge in [-0.3, -0.25) is 14.2 Å². The van der Waals surface area contributed by atoms with Crippen molar-refractivity contribution >= 4 is 28.7 Å². The summed E-state index contributed by atoms with van der Waals surface area (Å²) in [6, 6.07) is 7.80. The maximum absolute atomic E-state index is 12.8. The Morgan fingerprint density at radius 1 is 1.08 bits per heavy atom. The van der Waals surface area contributed by atoms with Crippen molar-refractivity contribution < 1.29 is 9.53 Å². The Morgan fingerprint density at radius 2 is 1.85 bits per heavy atom. The lowest BCUT2D eigenvalue weighted by molar-refractivity contribution is -0.152. The molecule has 138 valence electrons. The highest BCUT2D eigenvalue weighted by Crippen LogP contribution is 2.31. The minimum Gasteiger partial charge on any atom is -0.444 e. The largest absolute Gasteiger partial charge is 0.444 e. The highest BCUT2D eigenvalue weighted by Gasteiger charge is 2.24. The SMILES string of the molecule is O=C(OCn1ccc2c(SN3CCCC3)cccc2c1=O)C1CCCC1. The summed E-state index contributed by atoms with van der Waals surface area (Å²) in [7, 11) is 0. The van der Waals surface area contributed by atoms with Crippen molar-refractivity contribution in [2.75, 3.05) is 13.1 Å². The van der Waals surface area contributed by atoms with Crippen molar-refractivity contribution in [2.45, 2.75) is 50.2 Å². The van der Waals surface area contributed by atoms with E-state index < -0.39 is 0 Å². The Morgan fingerprint density at radius 3 is 2.62 bits per heavy atom. The molecule has 0 atom stereocenters. The second-order valence-corrected chi connectivity index (χ2v) is 8.25.